The highest BCUT2D eigenvalue weighted by Crippen LogP contribution is 2.20. The average molecular weight is 282 g/mol. The van der Waals surface area contributed by atoms with E-state index in [1.54, 1.807) is 0 Å². The molecule has 0 fully saturated rings. The number of hydrogen-bond acceptors (Lipinski definition) is 2. The average Bonchev–Trinajstić information content (AvgIpc) is 2.37. The van der Waals surface area contributed by atoms with E-state index in [4.69, 9.17) is 0 Å². The molecule has 0 bridgehead atoms. The van der Waals surface area contributed by atoms with Crippen LogP contribution in [-0.4, -0.2) is 25.3 Å². The minimum atomic E-state index is -3.39. The fraction of sp³-hybridized carbons (Fsp3) is 0.571. The first-order valence-corrected chi connectivity index (χ1v) is 8.18. The van der Waals surface area contributed by atoms with Gasteiger partial charge in [-0.3, -0.25) is 0 Å². The summed E-state index contributed by atoms with van der Waals surface area (Å²) in [5.41, 5.74) is 2.36. The maximum atomic E-state index is 12.3. The van der Waals surface area contributed by atoms with Gasteiger partial charge in [0.05, 0.1) is 0 Å². The molecular weight excluding hydrogens is 260 g/mol. The minimum absolute atomic E-state index is 0.0535. The van der Waals surface area contributed by atoms with Gasteiger partial charge < -0.3 is 0 Å². The van der Waals surface area contributed by atoms with Gasteiger partial charge in [0.25, 0.3) is 10.2 Å². The van der Waals surface area contributed by atoms with Gasteiger partial charge in [-0.05, 0) is 30.4 Å². The molecule has 0 aromatic heterocycles. The van der Waals surface area contributed by atoms with Crippen molar-refractivity contribution in [3.05, 3.63) is 35.4 Å². The Hall–Kier alpha value is -0.910. The molecule has 1 aliphatic rings. The maximum absolute atomic E-state index is 12.3. The second kappa shape index (κ2) is 5.61. The van der Waals surface area contributed by atoms with E-state index in [-0.39, 0.29) is 12.0 Å². The number of rotatable bonds is 4. The van der Waals surface area contributed by atoms with Crippen LogP contribution in [-0.2, 0) is 23.2 Å². The van der Waals surface area contributed by atoms with E-state index in [0.717, 1.165) is 12.0 Å². The summed E-state index contributed by atoms with van der Waals surface area (Å²) in [7, 11) is -3.39. The van der Waals surface area contributed by atoms with Crippen LogP contribution >= 0.6 is 0 Å². The molecular formula is C14H22N2O2S. The number of fused-ring (bicyclic) bond motifs is 1. The molecule has 0 aliphatic carbocycles. The van der Waals surface area contributed by atoms with Gasteiger partial charge >= 0.3 is 0 Å². The number of nitrogens with zero attached hydrogens (tertiary/aromatic N) is 1. The van der Waals surface area contributed by atoms with E-state index in [9.17, 15) is 8.42 Å². The molecule has 2 rings (SSSR count). The van der Waals surface area contributed by atoms with Crippen molar-refractivity contribution in [1.29, 1.82) is 0 Å². The summed E-state index contributed by atoms with van der Waals surface area (Å²) in [5.74, 6) is 0.284. The molecule has 0 spiro atoms. The summed E-state index contributed by atoms with van der Waals surface area (Å²) in [6, 6.07) is 7.98. The molecule has 1 aromatic rings. The Labute approximate surface area is 116 Å². The van der Waals surface area contributed by atoms with Crippen molar-refractivity contribution in [3.8, 4) is 0 Å². The topological polar surface area (TPSA) is 49.4 Å². The first-order valence-electron chi connectivity index (χ1n) is 6.74. The predicted octanol–water partition coefficient (Wildman–Crippen LogP) is 1.92. The monoisotopic (exact) mass is 282 g/mol. The minimum Gasteiger partial charge on any atom is -0.199 e. The fourth-order valence-corrected chi connectivity index (χ4v) is 3.65. The van der Waals surface area contributed by atoms with E-state index in [1.807, 2.05) is 39.0 Å². The molecule has 1 aromatic carbocycles. The van der Waals surface area contributed by atoms with Gasteiger partial charge in [0.2, 0.25) is 0 Å². The van der Waals surface area contributed by atoms with Crippen molar-refractivity contribution in [2.45, 2.75) is 39.8 Å². The first-order chi connectivity index (χ1) is 8.90. The van der Waals surface area contributed by atoms with Gasteiger partial charge in [-0.1, -0.05) is 38.1 Å². The Bertz CT molecular complexity index is 540. The van der Waals surface area contributed by atoms with Crippen molar-refractivity contribution >= 4 is 10.2 Å². The fourth-order valence-electron chi connectivity index (χ4n) is 2.12. The molecule has 1 N–H and O–H groups in total. The molecule has 5 heteroatoms. The van der Waals surface area contributed by atoms with E-state index in [2.05, 4.69) is 10.8 Å². The third kappa shape index (κ3) is 3.35. The zero-order chi connectivity index (χ0) is 14.0. The largest absolute Gasteiger partial charge is 0.280 e. The Morgan fingerprint density at radius 3 is 2.42 bits per heavy atom. The molecule has 1 heterocycles. The molecule has 0 amide bonds. The molecule has 0 saturated heterocycles. The van der Waals surface area contributed by atoms with Crippen LogP contribution in [0.2, 0.25) is 0 Å². The van der Waals surface area contributed by atoms with Crippen LogP contribution in [0, 0.1) is 5.92 Å². The zero-order valence-electron chi connectivity index (χ0n) is 11.8. The quantitative estimate of drug-likeness (QED) is 0.917. The summed E-state index contributed by atoms with van der Waals surface area (Å²) < 4.78 is 28.9. The molecule has 0 saturated carbocycles. The Balaban J connectivity index is 2.12. The maximum Gasteiger partial charge on any atom is 0.280 e. The van der Waals surface area contributed by atoms with Crippen LogP contribution in [0.4, 0.5) is 0 Å². The molecule has 106 valence electrons. The number of benzene rings is 1. The lowest BCUT2D eigenvalue weighted by atomic mass is 10.0. The van der Waals surface area contributed by atoms with Crippen molar-refractivity contribution < 1.29 is 8.42 Å². The van der Waals surface area contributed by atoms with Crippen LogP contribution < -0.4 is 4.72 Å². The summed E-state index contributed by atoms with van der Waals surface area (Å²) in [6.45, 7) is 6.95. The van der Waals surface area contributed by atoms with Crippen molar-refractivity contribution in [2.75, 3.05) is 6.54 Å². The molecule has 0 radical (unpaired) electrons. The molecule has 1 atom stereocenters. The van der Waals surface area contributed by atoms with Gasteiger partial charge in [-0.25, -0.2) is 0 Å². The number of nitrogens with one attached hydrogen (secondary N) is 1. The van der Waals surface area contributed by atoms with Gasteiger partial charge in [-0.15, -0.1) is 0 Å². The lowest BCUT2D eigenvalue weighted by Crippen LogP contribution is -2.47. The van der Waals surface area contributed by atoms with Gasteiger partial charge in [-0.2, -0.15) is 17.4 Å². The van der Waals surface area contributed by atoms with Crippen LogP contribution in [0.5, 0.6) is 0 Å². The highest BCUT2D eigenvalue weighted by molar-refractivity contribution is 7.87. The molecule has 4 nitrogen and oxygen atoms in total. The second-order valence-electron chi connectivity index (χ2n) is 5.51. The van der Waals surface area contributed by atoms with Crippen molar-refractivity contribution in [2.24, 2.45) is 5.92 Å². The lowest BCUT2D eigenvalue weighted by molar-refractivity contribution is 0.370. The Morgan fingerprint density at radius 2 is 1.79 bits per heavy atom. The Morgan fingerprint density at radius 1 is 1.16 bits per heavy atom. The zero-order valence-corrected chi connectivity index (χ0v) is 12.6. The smallest absolute Gasteiger partial charge is 0.199 e. The highest BCUT2D eigenvalue weighted by atomic mass is 32.2. The third-order valence-electron chi connectivity index (χ3n) is 3.77. The van der Waals surface area contributed by atoms with Crippen LogP contribution in [0.25, 0.3) is 0 Å². The highest BCUT2D eigenvalue weighted by Gasteiger charge is 2.28. The van der Waals surface area contributed by atoms with E-state index < -0.39 is 10.2 Å². The lowest BCUT2D eigenvalue weighted by Gasteiger charge is -2.30. The predicted molar refractivity (Wildman–Crippen MR) is 76.9 cm³/mol. The number of hydrogen-bond donors (Lipinski definition) is 1. The summed E-state index contributed by atoms with van der Waals surface area (Å²) in [6.07, 6.45) is 0.785. The molecule has 1 aliphatic heterocycles. The van der Waals surface area contributed by atoms with Gasteiger partial charge in [0.1, 0.15) is 0 Å². The SMILES string of the molecule is CC(C)C(C)NS(=O)(=O)N1CCc2ccccc2C1. The van der Waals surface area contributed by atoms with Gasteiger partial charge in [0, 0.05) is 19.1 Å². The van der Waals surface area contributed by atoms with Crippen LogP contribution in [0.15, 0.2) is 24.3 Å². The molecule has 1 unspecified atom stereocenters. The van der Waals surface area contributed by atoms with Crippen LogP contribution in [0.3, 0.4) is 0 Å². The van der Waals surface area contributed by atoms with Gasteiger partial charge in [0.15, 0.2) is 0 Å². The third-order valence-corrected chi connectivity index (χ3v) is 5.43. The van der Waals surface area contributed by atoms with Crippen molar-refractivity contribution in [3.63, 3.8) is 0 Å². The van der Waals surface area contributed by atoms with Crippen molar-refractivity contribution in [1.82, 2.24) is 9.03 Å². The normalized spacial score (nSPS) is 18.3. The first kappa shape index (κ1) is 14.5. The summed E-state index contributed by atoms with van der Waals surface area (Å²) >= 11 is 0. The van der Waals surface area contributed by atoms with Crippen LogP contribution in [0.1, 0.15) is 31.9 Å². The standard InChI is InChI=1S/C14H22N2O2S/c1-11(2)12(3)15-19(17,18)16-9-8-13-6-4-5-7-14(13)10-16/h4-7,11-12,15H,8-10H2,1-3H3. The van der Waals surface area contributed by atoms with E-state index >= 15 is 0 Å². The molecule has 19 heavy (non-hydrogen) atoms. The summed E-state index contributed by atoms with van der Waals surface area (Å²) in [4.78, 5) is 0. The Kier molecular flexibility index (Phi) is 4.28. The van der Waals surface area contributed by atoms with E-state index in [0.29, 0.717) is 13.1 Å². The van der Waals surface area contributed by atoms with E-state index in [1.165, 1.54) is 9.87 Å². The summed E-state index contributed by atoms with van der Waals surface area (Å²) in [5, 5.41) is 0. The second-order valence-corrected chi connectivity index (χ2v) is 7.21.